The van der Waals surface area contributed by atoms with Gasteiger partial charge in [0.05, 0.1) is 35.1 Å². The molecule has 0 fully saturated rings. The normalized spacial score (nSPS) is 11.1. The van der Waals surface area contributed by atoms with Crippen LogP contribution in [0.15, 0.2) is 71.4 Å². The standard InChI is InChI=1S/C22H17N3O5S/c1-29-17-9-10-20-19(13-17)23-22(31-20)24(14-18-3-2-12-30-18)21(26)11-6-15-4-7-16(8-5-15)25(27)28/h2-13H,14H2,1H3/b11-6-. The number of methoxy groups -OCH3 is 1. The SMILES string of the molecule is COc1ccc2sc(N(Cc3ccco3)C(=O)/C=C\c3ccc([N+](=O)[O-])cc3)nc2c1. The topological polar surface area (TPSA) is 98.7 Å². The average molecular weight is 435 g/mol. The number of nitro benzene ring substituents is 1. The third-order valence-corrected chi connectivity index (χ3v) is 5.56. The Morgan fingerprint density at radius 1 is 1.26 bits per heavy atom. The van der Waals surface area contributed by atoms with Gasteiger partial charge in [-0.25, -0.2) is 4.98 Å². The van der Waals surface area contributed by atoms with Gasteiger partial charge in [0.15, 0.2) is 5.13 Å². The lowest BCUT2D eigenvalue weighted by Crippen LogP contribution is -2.28. The molecule has 4 aromatic rings. The summed E-state index contributed by atoms with van der Waals surface area (Å²) in [5.41, 5.74) is 1.40. The first-order valence-electron chi connectivity index (χ1n) is 9.24. The fourth-order valence-electron chi connectivity index (χ4n) is 2.90. The molecule has 0 aliphatic heterocycles. The maximum absolute atomic E-state index is 13.0. The molecule has 0 atom stereocenters. The van der Waals surface area contributed by atoms with Gasteiger partial charge in [0.25, 0.3) is 11.6 Å². The van der Waals surface area contributed by atoms with Crippen molar-refractivity contribution in [1.29, 1.82) is 0 Å². The van der Waals surface area contributed by atoms with Crippen LogP contribution in [0.1, 0.15) is 11.3 Å². The number of carbonyl (C=O) groups is 1. The number of hydrogen-bond donors (Lipinski definition) is 0. The summed E-state index contributed by atoms with van der Waals surface area (Å²) in [5, 5.41) is 11.3. The van der Waals surface area contributed by atoms with Crippen molar-refractivity contribution in [3.8, 4) is 5.75 Å². The van der Waals surface area contributed by atoms with Crippen LogP contribution in [0, 0.1) is 10.1 Å². The number of benzene rings is 2. The van der Waals surface area contributed by atoms with E-state index < -0.39 is 4.92 Å². The highest BCUT2D eigenvalue weighted by Gasteiger charge is 2.20. The number of carbonyl (C=O) groups excluding carboxylic acids is 1. The molecule has 0 N–H and O–H groups in total. The Balaban J connectivity index is 1.62. The van der Waals surface area contributed by atoms with Crippen LogP contribution in [0.4, 0.5) is 10.8 Å². The maximum Gasteiger partial charge on any atom is 0.269 e. The predicted molar refractivity (Wildman–Crippen MR) is 118 cm³/mol. The monoisotopic (exact) mass is 435 g/mol. The lowest BCUT2D eigenvalue weighted by atomic mass is 10.2. The van der Waals surface area contributed by atoms with Crippen LogP contribution < -0.4 is 9.64 Å². The van der Waals surface area contributed by atoms with Gasteiger partial charge in [-0.15, -0.1) is 0 Å². The summed E-state index contributed by atoms with van der Waals surface area (Å²) in [6.45, 7) is 0.216. The fourth-order valence-corrected chi connectivity index (χ4v) is 3.85. The van der Waals surface area contributed by atoms with Gasteiger partial charge in [0.1, 0.15) is 11.5 Å². The third-order valence-electron chi connectivity index (χ3n) is 4.50. The molecule has 0 saturated heterocycles. The van der Waals surface area contributed by atoms with Gasteiger partial charge in [-0.05, 0) is 48.0 Å². The largest absolute Gasteiger partial charge is 0.497 e. The number of hydrogen-bond acceptors (Lipinski definition) is 7. The molecule has 156 valence electrons. The predicted octanol–water partition coefficient (Wildman–Crippen LogP) is 5.05. The zero-order valence-corrected chi connectivity index (χ0v) is 17.2. The van der Waals surface area contributed by atoms with Crippen molar-refractivity contribution in [3.63, 3.8) is 0 Å². The third kappa shape index (κ3) is 4.62. The van der Waals surface area contributed by atoms with Crippen LogP contribution in [0.5, 0.6) is 5.75 Å². The Kier molecular flexibility index (Phi) is 5.76. The summed E-state index contributed by atoms with van der Waals surface area (Å²) >= 11 is 1.39. The number of fused-ring (bicyclic) bond motifs is 1. The van der Waals surface area contributed by atoms with E-state index in [-0.39, 0.29) is 18.1 Å². The van der Waals surface area contributed by atoms with Crippen molar-refractivity contribution < 1.29 is 18.9 Å². The molecule has 31 heavy (non-hydrogen) atoms. The molecule has 0 radical (unpaired) electrons. The number of furan rings is 1. The molecular weight excluding hydrogens is 418 g/mol. The Bertz CT molecular complexity index is 1250. The summed E-state index contributed by atoms with van der Waals surface area (Å²) in [6, 6.07) is 15.1. The number of rotatable bonds is 7. The second-order valence-electron chi connectivity index (χ2n) is 6.52. The highest BCUT2D eigenvalue weighted by molar-refractivity contribution is 7.22. The quantitative estimate of drug-likeness (QED) is 0.229. The van der Waals surface area contributed by atoms with Crippen molar-refractivity contribution >= 4 is 44.4 Å². The van der Waals surface area contributed by atoms with E-state index in [1.54, 1.807) is 43.7 Å². The van der Waals surface area contributed by atoms with E-state index in [0.29, 0.717) is 22.2 Å². The number of ether oxygens (including phenoxy) is 1. The molecular formula is C22H17N3O5S. The van der Waals surface area contributed by atoms with Crippen LogP contribution in [-0.4, -0.2) is 22.9 Å². The van der Waals surface area contributed by atoms with Crippen molar-refractivity contribution in [2.24, 2.45) is 0 Å². The minimum absolute atomic E-state index is 0.00664. The van der Waals surface area contributed by atoms with Crippen molar-refractivity contribution in [2.75, 3.05) is 12.0 Å². The molecule has 1 amide bonds. The summed E-state index contributed by atoms with van der Waals surface area (Å²) in [5.74, 6) is 1.01. The Morgan fingerprint density at radius 3 is 2.74 bits per heavy atom. The molecule has 2 heterocycles. The lowest BCUT2D eigenvalue weighted by molar-refractivity contribution is -0.384. The molecule has 4 rings (SSSR count). The van der Waals surface area contributed by atoms with Crippen LogP contribution in [0.25, 0.3) is 16.3 Å². The van der Waals surface area contributed by atoms with E-state index in [0.717, 1.165) is 10.2 Å². The minimum atomic E-state index is -0.466. The molecule has 0 spiro atoms. The van der Waals surface area contributed by atoms with E-state index in [1.807, 2.05) is 18.2 Å². The fraction of sp³-hybridized carbons (Fsp3) is 0.0909. The maximum atomic E-state index is 13.0. The number of nitro groups is 1. The molecule has 0 aliphatic rings. The molecule has 0 bridgehead atoms. The minimum Gasteiger partial charge on any atom is -0.497 e. The zero-order valence-electron chi connectivity index (χ0n) is 16.4. The number of thiazole rings is 1. The Morgan fingerprint density at radius 2 is 2.06 bits per heavy atom. The number of non-ortho nitro benzene ring substituents is 1. The van der Waals surface area contributed by atoms with Gasteiger partial charge in [-0.3, -0.25) is 19.8 Å². The van der Waals surface area contributed by atoms with Gasteiger partial charge in [-0.1, -0.05) is 11.3 Å². The van der Waals surface area contributed by atoms with E-state index in [4.69, 9.17) is 9.15 Å². The molecule has 9 heteroatoms. The van der Waals surface area contributed by atoms with Gasteiger partial charge >= 0.3 is 0 Å². The van der Waals surface area contributed by atoms with Crippen LogP contribution in [0.3, 0.4) is 0 Å². The summed E-state index contributed by atoms with van der Waals surface area (Å²) < 4.78 is 11.6. The van der Waals surface area contributed by atoms with E-state index in [2.05, 4.69) is 4.98 Å². The summed E-state index contributed by atoms with van der Waals surface area (Å²) in [4.78, 5) is 29.5. The molecule has 2 aromatic carbocycles. The first-order chi connectivity index (χ1) is 15.0. The first kappa shape index (κ1) is 20.3. The number of amides is 1. The van der Waals surface area contributed by atoms with Crippen LogP contribution in [0.2, 0.25) is 0 Å². The van der Waals surface area contributed by atoms with E-state index in [9.17, 15) is 14.9 Å². The van der Waals surface area contributed by atoms with Gasteiger partial charge < -0.3 is 9.15 Å². The second-order valence-corrected chi connectivity index (χ2v) is 7.52. The molecule has 0 unspecified atom stereocenters. The van der Waals surface area contributed by atoms with Crippen molar-refractivity contribution in [1.82, 2.24) is 4.98 Å². The van der Waals surface area contributed by atoms with Gasteiger partial charge in [0, 0.05) is 24.3 Å². The lowest BCUT2D eigenvalue weighted by Gasteiger charge is -2.16. The first-order valence-corrected chi connectivity index (χ1v) is 10.1. The van der Waals surface area contributed by atoms with Crippen molar-refractivity contribution in [3.05, 3.63) is 88.4 Å². The van der Waals surface area contributed by atoms with Crippen molar-refractivity contribution in [2.45, 2.75) is 6.54 Å². The molecule has 0 aliphatic carbocycles. The highest BCUT2D eigenvalue weighted by atomic mass is 32.1. The van der Waals surface area contributed by atoms with E-state index in [1.165, 1.54) is 34.4 Å². The zero-order chi connectivity index (χ0) is 21.8. The van der Waals surface area contributed by atoms with Gasteiger partial charge in [-0.2, -0.15) is 0 Å². The van der Waals surface area contributed by atoms with Crippen LogP contribution >= 0.6 is 11.3 Å². The summed E-state index contributed by atoms with van der Waals surface area (Å²) in [7, 11) is 1.59. The van der Waals surface area contributed by atoms with Crippen LogP contribution in [-0.2, 0) is 11.3 Å². The molecule has 2 aromatic heterocycles. The average Bonchev–Trinajstić information content (AvgIpc) is 3.44. The van der Waals surface area contributed by atoms with E-state index >= 15 is 0 Å². The Hall–Kier alpha value is -3.98. The number of nitrogens with zero attached hydrogens (tertiary/aromatic N) is 3. The second kappa shape index (κ2) is 8.80. The summed E-state index contributed by atoms with van der Waals surface area (Å²) in [6.07, 6.45) is 4.57. The number of aromatic nitrogens is 1. The Labute approximate surface area is 181 Å². The smallest absolute Gasteiger partial charge is 0.269 e. The number of anilines is 1. The highest BCUT2D eigenvalue weighted by Crippen LogP contribution is 2.32. The van der Waals surface area contributed by atoms with Gasteiger partial charge in [0.2, 0.25) is 0 Å². The molecule has 0 saturated carbocycles. The molecule has 8 nitrogen and oxygen atoms in total.